The van der Waals surface area contributed by atoms with E-state index >= 15 is 0 Å². The number of carbonyl (C=O) groups is 2. The molecule has 0 atom stereocenters. The molecule has 0 rings (SSSR count). The Morgan fingerprint density at radius 3 is 2.00 bits per heavy atom. The summed E-state index contributed by atoms with van der Waals surface area (Å²) in [6, 6.07) is 0. The van der Waals surface area contributed by atoms with Crippen LogP contribution in [0, 0.1) is 0 Å². The molecule has 0 aliphatic rings. The van der Waals surface area contributed by atoms with Crippen LogP contribution in [0.15, 0.2) is 12.7 Å². The molecule has 3 radical (unpaired) electrons. The number of hydrogen-bond acceptors (Lipinski definition) is 4. The van der Waals surface area contributed by atoms with Gasteiger partial charge in [-0.2, -0.15) is 0 Å². The second-order valence-corrected chi connectivity index (χ2v) is 3.19. The summed E-state index contributed by atoms with van der Waals surface area (Å²) >= 11 is 0. The zero-order valence-electron chi connectivity index (χ0n) is 7.62. The normalized spacial score (nSPS) is 10.4. The molecule has 0 heterocycles. The van der Waals surface area contributed by atoms with E-state index in [2.05, 4.69) is 16.8 Å². The summed E-state index contributed by atoms with van der Waals surface area (Å²) in [6.07, 6.45) is 1.65. The summed E-state index contributed by atoms with van der Waals surface area (Å²) in [7, 11) is 3.04. The van der Waals surface area contributed by atoms with E-state index in [1.165, 1.54) is 19.9 Å². The first-order valence-corrected chi connectivity index (χ1v) is 4.14. The highest BCUT2D eigenvalue weighted by Gasteiger charge is 2.29. The van der Waals surface area contributed by atoms with Gasteiger partial charge in [-0.3, -0.25) is 9.59 Å². The lowest BCUT2D eigenvalue weighted by molar-refractivity contribution is -0.196. The number of carbonyl (C=O) groups excluding carboxylic acids is 2. The fourth-order valence-electron chi connectivity index (χ4n) is 0.759. The topological polar surface area (TPSA) is 52.6 Å². The Balaban J connectivity index is 4.40. The molecule has 4 nitrogen and oxygen atoms in total. The third-order valence-corrected chi connectivity index (χ3v) is 1.44. The van der Waals surface area contributed by atoms with Gasteiger partial charge in [-0.05, 0) is 0 Å². The van der Waals surface area contributed by atoms with Crippen molar-refractivity contribution in [3.63, 3.8) is 0 Å². The molecule has 0 bridgehead atoms. The first-order valence-electron chi connectivity index (χ1n) is 3.64. The summed E-state index contributed by atoms with van der Waals surface area (Å²) in [5, 5.41) is 0. The maximum Gasteiger partial charge on any atom is 0.305 e. The summed E-state index contributed by atoms with van der Waals surface area (Å²) in [4.78, 5) is 21.3. The van der Waals surface area contributed by atoms with Crippen LogP contribution in [0.25, 0.3) is 0 Å². The molecule has 0 aromatic carbocycles. The number of esters is 2. The minimum atomic E-state index is -1.42. The molecule has 0 unspecified atom stereocenters. The molecule has 0 spiro atoms. The van der Waals surface area contributed by atoms with Gasteiger partial charge >= 0.3 is 11.9 Å². The van der Waals surface area contributed by atoms with Crippen LogP contribution in [-0.4, -0.2) is 27.6 Å². The molecule has 0 saturated carbocycles. The Kier molecular flexibility index (Phi) is 4.40. The van der Waals surface area contributed by atoms with Gasteiger partial charge in [0.2, 0.25) is 5.41 Å². The van der Waals surface area contributed by atoms with E-state index in [1.807, 2.05) is 0 Å². The minimum absolute atomic E-state index is 0.184. The van der Waals surface area contributed by atoms with Crippen molar-refractivity contribution in [2.75, 3.05) is 0 Å². The highest BCUT2D eigenvalue weighted by Crippen LogP contribution is 2.14. The second-order valence-electron chi connectivity index (χ2n) is 2.43. The average molecular weight is 199 g/mol. The Bertz CT molecular complexity index is 208. The van der Waals surface area contributed by atoms with E-state index in [9.17, 15) is 9.59 Å². The zero-order valence-corrected chi connectivity index (χ0v) is 8.62. The standard InChI is InChI=1S/C8H11O4Si/c1-4-5-8(13,11-6(2)9)12-7(3)10/h4H,1,5H2,2-3H3. The molecule has 0 saturated heterocycles. The molecule has 0 amide bonds. The van der Waals surface area contributed by atoms with Crippen molar-refractivity contribution in [3.05, 3.63) is 12.7 Å². The molecule has 0 aromatic rings. The van der Waals surface area contributed by atoms with Gasteiger partial charge in [0.1, 0.15) is 0 Å². The van der Waals surface area contributed by atoms with Crippen LogP contribution in [0.1, 0.15) is 20.3 Å². The van der Waals surface area contributed by atoms with Gasteiger partial charge in [-0.15, -0.1) is 6.58 Å². The van der Waals surface area contributed by atoms with Crippen LogP contribution in [-0.2, 0) is 19.1 Å². The third-order valence-electron chi connectivity index (χ3n) is 1.03. The van der Waals surface area contributed by atoms with Gasteiger partial charge in [-0.1, -0.05) is 6.08 Å². The molecule has 0 fully saturated rings. The van der Waals surface area contributed by atoms with Crippen molar-refractivity contribution >= 4 is 22.2 Å². The molecule has 0 aliphatic heterocycles. The van der Waals surface area contributed by atoms with Crippen LogP contribution in [0.2, 0.25) is 0 Å². The van der Waals surface area contributed by atoms with Crippen LogP contribution in [0.3, 0.4) is 0 Å². The van der Waals surface area contributed by atoms with Crippen molar-refractivity contribution in [1.29, 1.82) is 0 Å². The zero-order chi connectivity index (χ0) is 10.5. The number of hydrogen-bond donors (Lipinski definition) is 0. The second kappa shape index (κ2) is 4.81. The monoisotopic (exact) mass is 199 g/mol. The lowest BCUT2D eigenvalue weighted by Crippen LogP contribution is -2.39. The predicted octanol–water partition coefficient (Wildman–Crippen LogP) is 0.511. The molecule has 0 aliphatic carbocycles. The Labute approximate surface area is 80.3 Å². The largest absolute Gasteiger partial charge is 0.428 e. The molecule has 13 heavy (non-hydrogen) atoms. The summed E-state index contributed by atoms with van der Waals surface area (Å²) in [6.45, 7) is 5.89. The van der Waals surface area contributed by atoms with Crippen molar-refractivity contribution in [1.82, 2.24) is 0 Å². The first kappa shape index (κ1) is 11.9. The SMILES string of the molecule is C=CCC([Si])(OC(C)=O)OC(C)=O. The van der Waals surface area contributed by atoms with E-state index in [-0.39, 0.29) is 6.42 Å². The number of ether oxygens (including phenoxy) is 2. The quantitative estimate of drug-likeness (QED) is 0.286. The Morgan fingerprint density at radius 2 is 1.77 bits per heavy atom. The van der Waals surface area contributed by atoms with E-state index in [4.69, 9.17) is 9.47 Å². The third kappa shape index (κ3) is 5.19. The lowest BCUT2D eigenvalue weighted by atomic mass is 10.4. The highest BCUT2D eigenvalue weighted by atomic mass is 28.1. The smallest absolute Gasteiger partial charge is 0.305 e. The molecular formula is C8H11O4Si. The fourth-order valence-corrected chi connectivity index (χ4v) is 1.19. The van der Waals surface area contributed by atoms with Gasteiger partial charge in [0.15, 0.2) is 10.2 Å². The van der Waals surface area contributed by atoms with Crippen LogP contribution >= 0.6 is 0 Å². The molecule has 5 heteroatoms. The highest BCUT2D eigenvalue weighted by molar-refractivity contribution is 6.14. The van der Waals surface area contributed by atoms with E-state index in [1.54, 1.807) is 0 Å². The Hall–Kier alpha value is -1.10. The van der Waals surface area contributed by atoms with E-state index in [0.29, 0.717) is 0 Å². The van der Waals surface area contributed by atoms with Crippen molar-refractivity contribution in [2.24, 2.45) is 0 Å². The Morgan fingerprint density at radius 1 is 1.38 bits per heavy atom. The van der Waals surface area contributed by atoms with E-state index in [0.717, 1.165) is 0 Å². The fraction of sp³-hybridized carbons (Fsp3) is 0.500. The summed E-state index contributed by atoms with van der Waals surface area (Å²) in [5.41, 5.74) is -1.42. The van der Waals surface area contributed by atoms with Gasteiger partial charge < -0.3 is 9.47 Å². The van der Waals surface area contributed by atoms with Gasteiger partial charge in [0, 0.05) is 20.3 Å². The van der Waals surface area contributed by atoms with Gasteiger partial charge in [-0.25, -0.2) is 0 Å². The maximum absolute atomic E-state index is 10.6. The average Bonchev–Trinajstić information content (AvgIpc) is 1.81. The summed E-state index contributed by atoms with van der Waals surface area (Å²) < 4.78 is 9.50. The predicted molar refractivity (Wildman–Crippen MR) is 46.8 cm³/mol. The van der Waals surface area contributed by atoms with Crippen LogP contribution in [0.5, 0.6) is 0 Å². The lowest BCUT2D eigenvalue weighted by Gasteiger charge is -2.27. The molecule has 0 aromatic heterocycles. The van der Waals surface area contributed by atoms with Gasteiger partial charge in [0.05, 0.1) is 0 Å². The molecule has 71 valence electrons. The van der Waals surface area contributed by atoms with Crippen LogP contribution in [0.4, 0.5) is 0 Å². The number of rotatable bonds is 4. The molecular weight excluding hydrogens is 188 g/mol. The first-order chi connectivity index (χ1) is 5.89. The van der Waals surface area contributed by atoms with Crippen LogP contribution < -0.4 is 0 Å². The maximum atomic E-state index is 10.6. The van der Waals surface area contributed by atoms with Crippen molar-refractivity contribution in [2.45, 2.75) is 25.7 Å². The summed E-state index contributed by atoms with van der Waals surface area (Å²) in [5.74, 6) is -1.09. The van der Waals surface area contributed by atoms with E-state index < -0.39 is 17.3 Å². The minimum Gasteiger partial charge on any atom is -0.428 e. The van der Waals surface area contributed by atoms with Crippen molar-refractivity contribution in [3.8, 4) is 0 Å². The molecule has 0 N–H and O–H groups in total. The van der Waals surface area contributed by atoms with Crippen molar-refractivity contribution < 1.29 is 19.1 Å². The van der Waals surface area contributed by atoms with Gasteiger partial charge in [0.25, 0.3) is 0 Å².